The Morgan fingerprint density at radius 1 is 1.11 bits per heavy atom. The number of rotatable bonds is 5. The summed E-state index contributed by atoms with van der Waals surface area (Å²) < 4.78 is 1.27. The summed E-state index contributed by atoms with van der Waals surface area (Å²) in [6.07, 6.45) is 0.940. The summed E-state index contributed by atoms with van der Waals surface area (Å²) in [5.41, 5.74) is 8.86. The van der Waals surface area contributed by atoms with Gasteiger partial charge in [0.2, 0.25) is 0 Å². The monoisotopic (exact) mass is 383 g/mol. The Bertz CT molecular complexity index is 525. The van der Waals surface area contributed by atoms with Gasteiger partial charge in [-0.3, -0.25) is 0 Å². The molecule has 3 heteroatoms. The lowest BCUT2D eigenvalue weighted by molar-refractivity contribution is 0.748. The first-order valence-electron chi connectivity index (χ1n) is 6.33. The second-order valence-corrected chi connectivity index (χ2v) is 6.97. The summed E-state index contributed by atoms with van der Waals surface area (Å²) in [5.74, 6) is 0.955. The predicted octanol–water partition coefficient (Wildman–Crippen LogP) is 4.26. The minimum atomic E-state index is 0.199. The molecule has 2 aromatic carbocycles. The second-order valence-electron chi connectivity index (χ2n) is 4.67. The zero-order chi connectivity index (χ0) is 13.7. The van der Waals surface area contributed by atoms with E-state index in [1.165, 1.54) is 19.6 Å². The molecule has 1 nitrogen and oxygen atoms in total. The van der Waals surface area contributed by atoms with Crippen molar-refractivity contribution in [1.29, 1.82) is 0 Å². The fourth-order valence-electron chi connectivity index (χ4n) is 1.90. The Morgan fingerprint density at radius 3 is 2.47 bits per heavy atom. The minimum absolute atomic E-state index is 0.199. The number of hydrogen-bond acceptors (Lipinski definition) is 2. The fourth-order valence-corrected chi connectivity index (χ4v) is 3.24. The molecule has 0 aromatic heterocycles. The highest BCUT2D eigenvalue weighted by Gasteiger charge is 2.06. The van der Waals surface area contributed by atoms with Gasteiger partial charge in [0.05, 0.1) is 0 Å². The molecule has 0 amide bonds. The highest BCUT2D eigenvalue weighted by molar-refractivity contribution is 14.1. The van der Waals surface area contributed by atoms with Gasteiger partial charge in [0.1, 0.15) is 0 Å². The Morgan fingerprint density at radius 2 is 1.79 bits per heavy atom. The molecule has 100 valence electrons. The van der Waals surface area contributed by atoms with Gasteiger partial charge in [-0.1, -0.05) is 30.3 Å². The van der Waals surface area contributed by atoms with E-state index < -0.39 is 0 Å². The molecule has 2 aromatic rings. The zero-order valence-corrected chi connectivity index (χ0v) is 13.9. The van der Waals surface area contributed by atoms with Crippen molar-refractivity contribution in [3.05, 3.63) is 63.2 Å². The van der Waals surface area contributed by atoms with Gasteiger partial charge in [0, 0.05) is 20.3 Å². The Balaban J connectivity index is 1.86. The molecule has 0 radical (unpaired) electrons. The first-order valence-corrected chi connectivity index (χ1v) is 8.40. The molecular formula is C16H18INS. The van der Waals surface area contributed by atoms with E-state index in [1.807, 2.05) is 11.8 Å². The summed E-state index contributed by atoms with van der Waals surface area (Å²) in [7, 11) is 0. The fraction of sp³-hybridized carbons (Fsp3) is 0.250. The molecule has 0 saturated carbocycles. The molecule has 0 spiro atoms. The summed E-state index contributed by atoms with van der Waals surface area (Å²) >= 11 is 4.17. The van der Waals surface area contributed by atoms with Crippen molar-refractivity contribution in [2.24, 2.45) is 5.73 Å². The second kappa shape index (κ2) is 7.31. The number of aryl methyl sites for hydroxylation is 1. The van der Waals surface area contributed by atoms with Crippen molar-refractivity contribution >= 4 is 34.4 Å². The van der Waals surface area contributed by atoms with Gasteiger partial charge in [-0.25, -0.2) is 0 Å². The zero-order valence-electron chi connectivity index (χ0n) is 11.0. The molecule has 2 N–H and O–H groups in total. The van der Waals surface area contributed by atoms with Crippen LogP contribution >= 0.6 is 34.4 Å². The molecular weight excluding hydrogens is 365 g/mol. The highest BCUT2D eigenvalue weighted by Crippen LogP contribution is 2.22. The molecule has 0 saturated heterocycles. The molecule has 0 bridgehead atoms. The minimum Gasteiger partial charge on any atom is -0.327 e. The van der Waals surface area contributed by atoms with E-state index >= 15 is 0 Å². The normalized spacial score (nSPS) is 12.4. The van der Waals surface area contributed by atoms with Crippen molar-refractivity contribution < 1.29 is 0 Å². The smallest absolute Gasteiger partial charge is 0.0174 e. The van der Waals surface area contributed by atoms with Crippen molar-refractivity contribution in [1.82, 2.24) is 0 Å². The number of halogens is 1. The van der Waals surface area contributed by atoms with Crippen LogP contribution in [0.3, 0.4) is 0 Å². The molecule has 2 rings (SSSR count). The largest absolute Gasteiger partial charge is 0.327 e. The average molecular weight is 383 g/mol. The molecule has 1 unspecified atom stereocenters. The van der Waals surface area contributed by atoms with E-state index in [0.29, 0.717) is 0 Å². The van der Waals surface area contributed by atoms with E-state index in [9.17, 15) is 0 Å². The summed E-state index contributed by atoms with van der Waals surface area (Å²) in [6, 6.07) is 17.3. The molecule has 0 heterocycles. The summed E-state index contributed by atoms with van der Waals surface area (Å²) in [4.78, 5) is 1.33. The summed E-state index contributed by atoms with van der Waals surface area (Å²) in [6.45, 7) is 2.15. The standard InChI is InChI=1S/C16H18INS/c1-12-4-2-3-5-16(12)19-11-15(18)10-13-6-8-14(17)9-7-13/h2-9,15H,10-11,18H2,1H3. The van der Waals surface area contributed by atoms with Crippen LogP contribution in [0.2, 0.25) is 0 Å². The van der Waals surface area contributed by atoms with E-state index in [-0.39, 0.29) is 6.04 Å². The highest BCUT2D eigenvalue weighted by atomic mass is 127. The topological polar surface area (TPSA) is 26.0 Å². The number of benzene rings is 2. The van der Waals surface area contributed by atoms with Gasteiger partial charge >= 0.3 is 0 Å². The number of nitrogens with two attached hydrogens (primary N) is 1. The van der Waals surface area contributed by atoms with E-state index in [2.05, 4.69) is 78.0 Å². The molecule has 19 heavy (non-hydrogen) atoms. The maximum atomic E-state index is 6.22. The van der Waals surface area contributed by atoms with Crippen LogP contribution in [0.15, 0.2) is 53.4 Å². The van der Waals surface area contributed by atoms with Gasteiger partial charge in [0.25, 0.3) is 0 Å². The van der Waals surface area contributed by atoms with Crippen molar-refractivity contribution in [2.45, 2.75) is 24.3 Å². The first-order chi connectivity index (χ1) is 9.15. The maximum absolute atomic E-state index is 6.22. The van der Waals surface area contributed by atoms with Crippen LogP contribution in [0, 0.1) is 10.5 Å². The van der Waals surface area contributed by atoms with E-state index in [4.69, 9.17) is 5.73 Å². The van der Waals surface area contributed by atoms with Crippen LogP contribution in [0.5, 0.6) is 0 Å². The maximum Gasteiger partial charge on any atom is 0.0174 e. The average Bonchev–Trinajstić information content (AvgIpc) is 2.40. The third-order valence-corrected chi connectivity index (χ3v) is 5.04. The SMILES string of the molecule is Cc1ccccc1SCC(N)Cc1ccc(I)cc1. The molecule has 0 aliphatic rings. The summed E-state index contributed by atoms with van der Waals surface area (Å²) in [5, 5.41) is 0. The lowest BCUT2D eigenvalue weighted by Gasteiger charge is -2.12. The van der Waals surface area contributed by atoms with Crippen LogP contribution in [0.25, 0.3) is 0 Å². The molecule has 0 aliphatic carbocycles. The Hall–Kier alpha value is -0.520. The predicted molar refractivity (Wildman–Crippen MR) is 92.7 cm³/mol. The molecule has 0 aliphatic heterocycles. The van der Waals surface area contributed by atoms with Crippen LogP contribution in [0.4, 0.5) is 0 Å². The van der Waals surface area contributed by atoms with Crippen LogP contribution < -0.4 is 5.73 Å². The van der Waals surface area contributed by atoms with E-state index in [0.717, 1.165) is 12.2 Å². The van der Waals surface area contributed by atoms with Gasteiger partial charge < -0.3 is 5.73 Å². The molecule has 1 atom stereocenters. The van der Waals surface area contributed by atoms with Crippen molar-refractivity contribution in [2.75, 3.05) is 5.75 Å². The Kier molecular flexibility index (Phi) is 5.73. The molecule has 0 fully saturated rings. The van der Waals surface area contributed by atoms with Crippen LogP contribution in [0.1, 0.15) is 11.1 Å². The quantitative estimate of drug-likeness (QED) is 0.617. The third kappa shape index (κ3) is 4.82. The lowest BCUT2D eigenvalue weighted by Crippen LogP contribution is -2.25. The third-order valence-electron chi connectivity index (χ3n) is 2.96. The lowest BCUT2D eigenvalue weighted by atomic mass is 10.1. The van der Waals surface area contributed by atoms with E-state index in [1.54, 1.807) is 0 Å². The van der Waals surface area contributed by atoms with Gasteiger partial charge in [-0.15, -0.1) is 11.8 Å². The first kappa shape index (κ1) is 14.9. The van der Waals surface area contributed by atoms with Crippen LogP contribution in [-0.2, 0) is 6.42 Å². The Labute approximate surface area is 133 Å². The van der Waals surface area contributed by atoms with Gasteiger partial charge in [0.15, 0.2) is 0 Å². The van der Waals surface area contributed by atoms with Crippen molar-refractivity contribution in [3.8, 4) is 0 Å². The van der Waals surface area contributed by atoms with Gasteiger partial charge in [-0.05, 0) is 65.3 Å². The van der Waals surface area contributed by atoms with Gasteiger partial charge in [-0.2, -0.15) is 0 Å². The number of thioether (sulfide) groups is 1. The van der Waals surface area contributed by atoms with Crippen LogP contribution in [-0.4, -0.2) is 11.8 Å². The van der Waals surface area contributed by atoms with Crippen molar-refractivity contribution in [3.63, 3.8) is 0 Å². The number of hydrogen-bond donors (Lipinski definition) is 1.